The van der Waals surface area contributed by atoms with Gasteiger partial charge in [0.2, 0.25) is 0 Å². The Morgan fingerprint density at radius 2 is 1.65 bits per heavy atom. The zero-order chi connectivity index (χ0) is 13.4. The molecule has 0 saturated carbocycles. The number of aryl methyl sites for hydroxylation is 2. The molecule has 1 aliphatic rings. The number of carboxylic acid groups (broad SMARTS) is 1. The fourth-order valence-electron chi connectivity index (χ4n) is 1.98. The number of hydrogen-bond donors (Lipinski definition) is 1. The van der Waals surface area contributed by atoms with E-state index in [1.54, 1.807) is 11.3 Å². The van der Waals surface area contributed by atoms with Gasteiger partial charge in [-0.2, -0.15) is 0 Å². The third-order valence-electron chi connectivity index (χ3n) is 2.56. The Hall–Kier alpha value is -0.830. The molecule has 1 aromatic heterocycles. The van der Waals surface area contributed by atoms with E-state index in [0.29, 0.717) is 5.56 Å². The van der Waals surface area contributed by atoms with E-state index in [1.807, 2.05) is 34.6 Å². The van der Waals surface area contributed by atoms with E-state index in [2.05, 4.69) is 0 Å². The highest BCUT2D eigenvalue weighted by Crippen LogP contribution is 2.33. The number of carboxylic acids is 1. The lowest BCUT2D eigenvalue weighted by atomic mass is 9.95. The standard InChI is InChI=1S/C10H12O2S.2C2H6/c1-6-9(10(11)12)7-4-2-3-5-8(7)13-6;2*1-2/h2-5H2,1H3,(H,11,12);2*1-2H3. The van der Waals surface area contributed by atoms with Gasteiger partial charge in [-0.25, -0.2) is 4.79 Å². The summed E-state index contributed by atoms with van der Waals surface area (Å²) in [5.74, 6) is -0.753. The average molecular weight is 256 g/mol. The van der Waals surface area contributed by atoms with Crippen LogP contribution in [0.5, 0.6) is 0 Å². The summed E-state index contributed by atoms with van der Waals surface area (Å²) in [7, 11) is 0. The summed E-state index contributed by atoms with van der Waals surface area (Å²) in [5, 5.41) is 9.02. The highest BCUT2D eigenvalue weighted by molar-refractivity contribution is 7.12. The van der Waals surface area contributed by atoms with Crippen LogP contribution >= 0.6 is 11.3 Å². The van der Waals surface area contributed by atoms with E-state index in [1.165, 1.54) is 11.3 Å². The quantitative estimate of drug-likeness (QED) is 0.791. The van der Waals surface area contributed by atoms with Gasteiger partial charge >= 0.3 is 5.97 Å². The molecule has 0 aromatic carbocycles. The van der Waals surface area contributed by atoms with Gasteiger partial charge in [0.25, 0.3) is 0 Å². The van der Waals surface area contributed by atoms with Gasteiger partial charge in [-0.15, -0.1) is 11.3 Å². The minimum atomic E-state index is -0.753. The molecular formula is C14H24O2S. The minimum absolute atomic E-state index is 0.583. The van der Waals surface area contributed by atoms with Crippen LogP contribution in [-0.4, -0.2) is 11.1 Å². The maximum absolute atomic E-state index is 11.0. The molecule has 0 atom stereocenters. The van der Waals surface area contributed by atoms with Crippen LogP contribution in [0.3, 0.4) is 0 Å². The number of carbonyl (C=O) groups is 1. The van der Waals surface area contributed by atoms with Crippen LogP contribution in [-0.2, 0) is 12.8 Å². The largest absolute Gasteiger partial charge is 0.478 e. The summed E-state index contributed by atoms with van der Waals surface area (Å²) >= 11 is 1.66. The van der Waals surface area contributed by atoms with E-state index in [4.69, 9.17) is 5.11 Å². The monoisotopic (exact) mass is 256 g/mol. The molecule has 1 aromatic rings. The predicted molar refractivity (Wildman–Crippen MR) is 75.4 cm³/mol. The van der Waals surface area contributed by atoms with Crippen molar-refractivity contribution < 1.29 is 9.90 Å². The maximum Gasteiger partial charge on any atom is 0.337 e. The topological polar surface area (TPSA) is 37.3 Å². The van der Waals surface area contributed by atoms with Gasteiger partial charge in [0.1, 0.15) is 0 Å². The molecule has 98 valence electrons. The summed E-state index contributed by atoms with van der Waals surface area (Å²) in [6.07, 6.45) is 4.39. The first kappa shape index (κ1) is 16.2. The zero-order valence-corrected chi connectivity index (χ0v) is 12.4. The summed E-state index contributed by atoms with van der Waals surface area (Å²) in [6.45, 7) is 9.91. The van der Waals surface area contributed by atoms with Crippen molar-refractivity contribution in [2.45, 2.75) is 60.3 Å². The van der Waals surface area contributed by atoms with Crippen molar-refractivity contribution >= 4 is 17.3 Å². The molecule has 0 amide bonds. The fraction of sp³-hybridized carbons (Fsp3) is 0.643. The first-order chi connectivity index (χ1) is 8.20. The normalized spacial score (nSPS) is 12.5. The molecule has 0 saturated heterocycles. The summed E-state index contributed by atoms with van der Waals surface area (Å²) < 4.78 is 0. The Kier molecular flexibility index (Phi) is 7.88. The molecule has 17 heavy (non-hydrogen) atoms. The molecule has 0 fully saturated rings. The Morgan fingerprint density at radius 1 is 1.12 bits per heavy atom. The molecule has 0 unspecified atom stereocenters. The highest BCUT2D eigenvalue weighted by atomic mass is 32.1. The van der Waals surface area contributed by atoms with E-state index >= 15 is 0 Å². The lowest BCUT2D eigenvalue weighted by Gasteiger charge is -2.10. The van der Waals surface area contributed by atoms with Gasteiger partial charge in [-0.05, 0) is 38.2 Å². The predicted octanol–water partition coefficient (Wildman–Crippen LogP) is 4.69. The highest BCUT2D eigenvalue weighted by Gasteiger charge is 2.22. The number of fused-ring (bicyclic) bond motifs is 1. The van der Waals surface area contributed by atoms with Gasteiger partial charge in [0, 0.05) is 9.75 Å². The first-order valence-corrected chi connectivity index (χ1v) is 7.36. The second-order valence-electron chi connectivity index (χ2n) is 3.45. The second-order valence-corrected chi connectivity index (χ2v) is 4.76. The van der Waals surface area contributed by atoms with Crippen LogP contribution < -0.4 is 0 Å². The third kappa shape index (κ3) is 3.84. The Morgan fingerprint density at radius 3 is 2.18 bits per heavy atom. The lowest BCUT2D eigenvalue weighted by Crippen LogP contribution is -2.05. The van der Waals surface area contributed by atoms with Crippen LogP contribution in [0.1, 0.15) is 66.2 Å². The van der Waals surface area contributed by atoms with Crippen LogP contribution in [0, 0.1) is 6.92 Å². The summed E-state index contributed by atoms with van der Waals surface area (Å²) in [5.41, 5.74) is 1.70. The van der Waals surface area contributed by atoms with E-state index in [9.17, 15) is 4.79 Å². The average Bonchev–Trinajstić information content (AvgIpc) is 2.70. The minimum Gasteiger partial charge on any atom is -0.478 e. The Bertz CT molecular complexity index is 353. The van der Waals surface area contributed by atoms with Crippen LogP contribution in [0.2, 0.25) is 0 Å². The van der Waals surface area contributed by atoms with Gasteiger partial charge in [0.05, 0.1) is 5.56 Å². The SMILES string of the molecule is CC.CC.Cc1sc2c(c1C(=O)O)CCCC2. The molecule has 0 aliphatic heterocycles. The summed E-state index contributed by atoms with van der Waals surface area (Å²) in [6, 6.07) is 0. The summed E-state index contributed by atoms with van der Waals surface area (Å²) in [4.78, 5) is 13.2. The van der Waals surface area contributed by atoms with Crippen molar-refractivity contribution in [2.24, 2.45) is 0 Å². The number of thiophene rings is 1. The smallest absolute Gasteiger partial charge is 0.337 e. The van der Waals surface area contributed by atoms with Crippen molar-refractivity contribution in [3.63, 3.8) is 0 Å². The van der Waals surface area contributed by atoms with Crippen molar-refractivity contribution in [3.8, 4) is 0 Å². The van der Waals surface area contributed by atoms with E-state index in [-0.39, 0.29) is 0 Å². The van der Waals surface area contributed by atoms with Crippen molar-refractivity contribution in [1.82, 2.24) is 0 Å². The molecule has 2 rings (SSSR count). The van der Waals surface area contributed by atoms with Crippen molar-refractivity contribution in [1.29, 1.82) is 0 Å². The molecule has 0 radical (unpaired) electrons. The van der Waals surface area contributed by atoms with Gasteiger partial charge in [-0.1, -0.05) is 27.7 Å². The molecule has 2 nitrogen and oxygen atoms in total. The molecule has 0 bridgehead atoms. The fourth-order valence-corrected chi connectivity index (χ4v) is 3.24. The number of hydrogen-bond acceptors (Lipinski definition) is 2. The van der Waals surface area contributed by atoms with Crippen LogP contribution in [0.25, 0.3) is 0 Å². The first-order valence-electron chi connectivity index (χ1n) is 6.54. The maximum atomic E-state index is 11.0. The molecule has 1 aliphatic carbocycles. The Labute approximate surface area is 109 Å². The molecule has 1 N–H and O–H groups in total. The lowest BCUT2D eigenvalue weighted by molar-refractivity contribution is 0.0695. The zero-order valence-electron chi connectivity index (χ0n) is 11.6. The van der Waals surface area contributed by atoms with E-state index in [0.717, 1.165) is 29.7 Å². The van der Waals surface area contributed by atoms with Crippen molar-refractivity contribution in [2.75, 3.05) is 0 Å². The third-order valence-corrected chi connectivity index (χ3v) is 3.77. The Balaban J connectivity index is 0.000000581. The van der Waals surface area contributed by atoms with Crippen LogP contribution in [0.4, 0.5) is 0 Å². The molecular weight excluding hydrogens is 232 g/mol. The van der Waals surface area contributed by atoms with E-state index < -0.39 is 5.97 Å². The second kappa shape index (κ2) is 8.29. The molecule has 3 heteroatoms. The number of aromatic carboxylic acids is 1. The van der Waals surface area contributed by atoms with Gasteiger partial charge < -0.3 is 5.11 Å². The van der Waals surface area contributed by atoms with Crippen LogP contribution in [0.15, 0.2) is 0 Å². The van der Waals surface area contributed by atoms with Crippen molar-refractivity contribution in [3.05, 3.63) is 20.9 Å². The number of rotatable bonds is 1. The molecule has 0 spiro atoms. The molecule has 1 heterocycles. The van der Waals surface area contributed by atoms with Gasteiger partial charge in [-0.3, -0.25) is 0 Å². The van der Waals surface area contributed by atoms with Gasteiger partial charge in [0.15, 0.2) is 0 Å².